The summed E-state index contributed by atoms with van der Waals surface area (Å²) in [6, 6.07) is 9.89. The van der Waals surface area contributed by atoms with Crippen LogP contribution in [0.25, 0.3) is 10.9 Å². The van der Waals surface area contributed by atoms with Gasteiger partial charge in [-0.3, -0.25) is 9.59 Å². The average molecular weight is 432 g/mol. The Morgan fingerprint density at radius 2 is 1.89 bits per heavy atom. The first-order chi connectivity index (χ1) is 12.8. The summed E-state index contributed by atoms with van der Waals surface area (Å²) in [5.74, 6) is -0.968. The minimum atomic E-state index is -0.354. The first-order valence-corrected chi connectivity index (χ1v) is 9.22. The van der Waals surface area contributed by atoms with Crippen LogP contribution in [0.1, 0.15) is 16.8 Å². The molecule has 1 heterocycles. The summed E-state index contributed by atoms with van der Waals surface area (Å²) in [5.41, 5.74) is 3.98. The summed E-state index contributed by atoms with van der Waals surface area (Å²) < 4.78 is 14.5. The summed E-state index contributed by atoms with van der Waals surface area (Å²) in [5, 5.41) is 6.03. The number of aromatic nitrogens is 1. The summed E-state index contributed by atoms with van der Waals surface area (Å²) in [6.45, 7) is 3.63. The minimum absolute atomic E-state index is 0.0694. The van der Waals surface area contributed by atoms with Crippen LogP contribution < -0.4 is 10.6 Å². The maximum absolute atomic E-state index is 13.5. The molecule has 2 amide bonds. The van der Waals surface area contributed by atoms with Crippen LogP contribution in [0.3, 0.4) is 0 Å². The highest BCUT2D eigenvalue weighted by Gasteiger charge is 2.14. The highest BCUT2D eigenvalue weighted by molar-refractivity contribution is 9.10. The van der Waals surface area contributed by atoms with Crippen molar-refractivity contribution in [1.29, 1.82) is 0 Å². The molecule has 1 aromatic heterocycles. The molecule has 27 heavy (non-hydrogen) atoms. The van der Waals surface area contributed by atoms with Gasteiger partial charge in [-0.2, -0.15) is 0 Å². The van der Waals surface area contributed by atoms with E-state index in [1.54, 1.807) is 12.1 Å². The van der Waals surface area contributed by atoms with Crippen molar-refractivity contribution in [2.75, 3.05) is 11.9 Å². The number of aryl methyl sites for hydroxylation is 2. The minimum Gasteiger partial charge on any atom is -0.358 e. The molecular formula is C20H19BrFN3O2. The van der Waals surface area contributed by atoms with Crippen molar-refractivity contribution in [2.24, 2.45) is 0 Å². The van der Waals surface area contributed by atoms with E-state index in [0.717, 1.165) is 26.8 Å². The van der Waals surface area contributed by atoms with Crippen molar-refractivity contribution in [1.82, 2.24) is 10.3 Å². The first kappa shape index (κ1) is 19.1. The monoisotopic (exact) mass is 431 g/mol. The Morgan fingerprint density at radius 3 is 2.63 bits per heavy atom. The number of carbonyl (C=O) groups is 2. The molecule has 0 spiro atoms. The van der Waals surface area contributed by atoms with Gasteiger partial charge in [0.1, 0.15) is 5.82 Å². The maximum atomic E-state index is 13.5. The van der Waals surface area contributed by atoms with Crippen LogP contribution in [0.2, 0.25) is 0 Å². The van der Waals surface area contributed by atoms with Crippen molar-refractivity contribution in [3.05, 3.63) is 63.5 Å². The molecule has 0 radical (unpaired) electrons. The second kappa shape index (κ2) is 7.92. The molecule has 0 saturated carbocycles. The third-order valence-corrected chi connectivity index (χ3v) is 5.20. The number of anilines is 1. The van der Waals surface area contributed by atoms with E-state index in [1.807, 2.05) is 26.0 Å². The van der Waals surface area contributed by atoms with Gasteiger partial charge in [-0.05, 0) is 61.4 Å². The zero-order chi connectivity index (χ0) is 19.6. The maximum Gasteiger partial charge on any atom is 0.243 e. The lowest BCUT2D eigenvalue weighted by atomic mass is 10.1. The van der Waals surface area contributed by atoms with Crippen LogP contribution in [0.4, 0.5) is 10.1 Å². The second-order valence-electron chi connectivity index (χ2n) is 6.38. The molecule has 3 aromatic rings. The molecule has 3 N–H and O–H groups in total. The lowest BCUT2D eigenvalue weighted by Gasteiger charge is -2.08. The van der Waals surface area contributed by atoms with Gasteiger partial charge in [0.25, 0.3) is 0 Å². The largest absolute Gasteiger partial charge is 0.358 e. The van der Waals surface area contributed by atoms with E-state index in [1.165, 1.54) is 12.1 Å². The first-order valence-electron chi connectivity index (χ1n) is 8.43. The number of aromatic amines is 1. The van der Waals surface area contributed by atoms with E-state index >= 15 is 0 Å². The fourth-order valence-electron chi connectivity index (χ4n) is 2.91. The van der Waals surface area contributed by atoms with Crippen molar-refractivity contribution in [2.45, 2.75) is 20.3 Å². The van der Waals surface area contributed by atoms with Crippen LogP contribution in [0.5, 0.6) is 0 Å². The van der Waals surface area contributed by atoms with E-state index in [2.05, 4.69) is 31.5 Å². The molecule has 140 valence electrons. The second-order valence-corrected chi connectivity index (χ2v) is 7.24. The van der Waals surface area contributed by atoms with Crippen molar-refractivity contribution < 1.29 is 14.0 Å². The zero-order valence-corrected chi connectivity index (χ0v) is 16.5. The van der Waals surface area contributed by atoms with Gasteiger partial charge in [0.05, 0.1) is 13.0 Å². The topological polar surface area (TPSA) is 74.0 Å². The van der Waals surface area contributed by atoms with E-state index in [4.69, 9.17) is 0 Å². The van der Waals surface area contributed by atoms with Gasteiger partial charge >= 0.3 is 0 Å². The molecular weight excluding hydrogens is 413 g/mol. The van der Waals surface area contributed by atoms with Crippen LogP contribution in [-0.4, -0.2) is 23.3 Å². The lowest BCUT2D eigenvalue weighted by molar-refractivity contribution is -0.123. The molecule has 3 rings (SSSR count). The van der Waals surface area contributed by atoms with Gasteiger partial charge in [-0.15, -0.1) is 0 Å². The smallest absolute Gasteiger partial charge is 0.243 e. The molecule has 0 aliphatic heterocycles. The van der Waals surface area contributed by atoms with Crippen LogP contribution >= 0.6 is 15.9 Å². The Kier molecular flexibility index (Phi) is 5.60. The summed E-state index contributed by atoms with van der Waals surface area (Å²) in [6.07, 6.45) is 0.0694. The molecule has 7 heteroatoms. The number of hydrogen-bond donors (Lipinski definition) is 3. The molecule has 2 aromatic carbocycles. The Bertz CT molecular complexity index is 1030. The molecule has 0 saturated heterocycles. The number of hydrogen-bond acceptors (Lipinski definition) is 2. The van der Waals surface area contributed by atoms with Gasteiger partial charge in [0.15, 0.2) is 0 Å². The molecule has 0 unspecified atom stereocenters. The van der Waals surface area contributed by atoms with E-state index < -0.39 is 0 Å². The Hall–Kier alpha value is -2.67. The fourth-order valence-corrected chi connectivity index (χ4v) is 3.16. The molecule has 0 bridgehead atoms. The number of rotatable bonds is 5. The highest BCUT2D eigenvalue weighted by Crippen LogP contribution is 2.23. The van der Waals surface area contributed by atoms with E-state index in [9.17, 15) is 14.0 Å². The summed E-state index contributed by atoms with van der Waals surface area (Å²) >= 11 is 3.41. The lowest BCUT2D eigenvalue weighted by Crippen LogP contribution is -2.33. The number of H-pyrrole nitrogens is 1. The van der Waals surface area contributed by atoms with Gasteiger partial charge in [0, 0.05) is 26.8 Å². The normalized spacial score (nSPS) is 10.8. The summed E-state index contributed by atoms with van der Waals surface area (Å²) in [7, 11) is 0. The van der Waals surface area contributed by atoms with Crippen LogP contribution in [0, 0.1) is 19.7 Å². The predicted molar refractivity (Wildman–Crippen MR) is 107 cm³/mol. The number of halogens is 2. The van der Waals surface area contributed by atoms with Gasteiger partial charge in [-0.25, -0.2) is 4.39 Å². The predicted octanol–water partition coefficient (Wildman–Crippen LogP) is 3.98. The number of benzene rings is 2. The number of nitrogens with one attached hydrogen (secondary N) is 3. The SMILES string of the molecule is Cc1cc(NC(=O)CNC(=O)Cc2c(C)[nH]c3ccc(F)cc23)ccc1Br. The van der Waals surface area contributed by atoms with E-state index in [0.29, 0.717) is 11.1 Å². The summed E-state index contributed by atoms with van der Waals surface area (Å²) in [4.78, 5) is 27.4. The quantitative estimate of drug-likeness (QED) is 0.571. The van der Waals surface area contributed by atoms with Crippen molar-refractivity contribution >= 4 is 44.3 Å². The fraction of sp³-hybridized carbons (Fsp3) is 0.200. The third-order valence-electron chi connectivity index (χ3n) is 4.31. The Morgan fingerprint density at radius 1 is 1.11 bits per heavy atom. The Labute approximate surface area is 164 Å². The van der Waals surface area contributed by atoms with Crippen molar-refractivity contribution in [3.63, 3.8) is 0 Å². The Balaban J connectivity index is 1.60. The van der Waals surface area contributed by atoms with Crippen LogP contribution in [-0.2, 0) is 16.0 Å². The van der Waals surface area contributed by atoms with Gasteiger partial charge in [0.2, 0.25) is 11.8 Å². The average Bonchev–Trinajstić information content (AvgIpc) is 2.91. The molecule has 0 aliphatic carbocycles. The molecule has 5 nitrogen and oxygen atoms in total. The highest BCUT2D eigenvalue weighted by atomic mass is 79.9. The number of carbonyl (C=O) groups excluding carboxylic acids is 2. The number of amides is 2. The van der Waals surface area contributed by atoms with E-state index in [-0.39, 0.29) is 30.6 Å². The van der Waals surface area contributed by atoms with Crippen molar-refractivity contribution in [3.8, 4) is 0 Å². The van der Waals surface area contributed by atoms with Gasteiger partial charge < -0.3 is 15.6 Å². The standard InChI is InChI=1S/C20H19BrFN3O2/c1-11-7-14(4-5-17(11)21)25-20(27)10-23-19(26)9-15-12(2)24-18-6-3-13(22)8-16(15)18/h3-8,24H,9-10H2,1-2H3,(H,23,26)(H,25,27). The third kappa shape index (κ3) is 4.54. The number of fused-ring (bicyclic) bond motifs is 1. The molecule has 0 atom stereocenters. The zero-order valence-electron chi connectivity index (χ0n) is 15.0. The van der Waals surface area contributed by atoms with Crippen LogP contribution in [0.15, 0.2) is 40.9 Å². The molecule has 0 aliphatic rings. The molecule has 0 fully saturated rings. The van der Waals surface area contributed by atoms with Gasteiger partial charge in [-0.1, -0.05) is 15.9 Å².